The molecular formula is C19H38N4+2. The molecule has 1 saturated carbocycles. The second-order valence-electron chi connectivity index (χ2n) is 10.0. The Kier molecular flexibility index (Phi) is 4.61. The fourth-order valence-corrected chi connectivity index (χ4v) is 4.15. The summed E-state index contributed by atoms with van der Waals surface area (Å²) in [4.78, 5) is 0. The lowest BCUT2D eigenvalue weighted by atomic mass is 9.76. The first kappa shape index (κ1) is 17.3. The van der Waals surface area contributed by atoms with Crippen molar-refractivity contribution in [1.29, 1.82) is 0 Å². The van der Waals surface area contributed by atoms with E-state index in [9.17, 15) is 0 Å². The summed E-state index contributed by atoms with van der Waals surface area (Å²) in [5, 5.41) is 2.48. The predicted octanol–water partition coefficient (Wildman–Crippen LogP) is 2.78. The third-order valence-corrected chi connectivity index (χ3v) is 6.66. The first-order valence-corrected chi connectivity index (χ1v) is 9.63. The van der Waals surface area contributed by atoms with E-state index in [-0.39, 0.29) is 0 Å². The molecule has 2 atom stereocenters. The van der Waals surface area contributed by atoms with Crippen LogP contribution in [0, 0.1) is 22.7 Å². The first-order chi connectivity index (χ1) is 10.7. The lowest BCUT2D eigenvalue weighted by molar-refractivity contribution is -0.998. The van der Waals surface area contributed by atoms with Crippen molar-refractivity contribution in [3.63, 3.8) is 0 Å². The van der Waals surface area contributed by atoms with E-state index in [0.29, 0.717) is 10.8 Å². The fourth-order valence-electron chi connectivity index (χ4n) is 4.15. The lowest BCUT2D eigenvalue weighted by Crippen LogP contribution is -2.37. The average molecular weight is 323 g/mol. The molecule has 2 unspecified atom stereocenters. The molecule has 3 rings (SSSR count). The smallest absolute Gasteiger partial charge is 0.213 e. The normalized spacial score (nSPS) is 30.5. The molecule has 0 aromatic heterocycles. The van der Waals surface area contributed by atoms with Crippen LogP contribution in [0.25, 0.3) is 0 Å². The van der Waals surface area contributed by atoms with E-state index >= 15 is 0 Å². The van der Waals surface area contributed by atoms with Gasteiger partial charge in [0.2, 0.25) is 19.1 Å². The van der Waals surface area contributed by atoms with Gasteiger partial charge in [-0.2, -0.15) is 0 Å². The highest BCUT2D eigenvalue weighted by molar-refractivity contribution is 4.85. The van der Waals surface area contributed by atoms with Crippen LogP contribution in [0.15, 0.2) is 0 Å². The van der Waals surface area contributed by atoms with Gasteiger partial charge in [0, 0.05) is 32.5 Å². The van der Waals surface area contributed by atoms with Crippen LogP contribution in [-0.4, -0.2) is 60.2 Å². The lowest BCUT2D eigenvalue weighted by Gasteiger charge is -2.30. The van der Waals surface area contributed by atoms with Crippen molar-refractivity contribution < 1.29 is 9.39 Å². The van der Waals surface area contributed by atoms with Crippen molar-refractivity contribution in [3.8, 4) is 0 Å². The van der Waals surface area contributed by atoms with Gasteiger partial charge in [-0.1, -0.05) is 34.6 Å². The van der Waals surface area contributed by atoms with E-state index in [2.05, 4.69) is 61.5 Å². The molecule has 1 N–H and O–H groups in total. The van der Waals surface area contributed by atoms with E-state index in [0.717, 1.165) is 24.4 Å². The topological polar surface area (TPSA) is 21.3 Å². The first-order valence-electron chi connectivity index (χ1n) is 9.63. The van der Waals surface area contributed by atoms with Crippen molar-refractivity contribution in [3.05, 3.63) is 0 Å². The second kappa shape index (κ2) is 6.11. The molecule has 1 aliphatic carbocycles. The van der Waals surface area contributed by atoms with Crippen molar-refractivity contribution in [2.24, 2.45) is 22.7 Å². The number of azo groups is 4. The van der Waals surface area contributed by atoms with Gasteiger partial charge < -0.3 is 0 Å². The molecular weight excluding hydrogens is 284 g/mol. The summed E-state index contributed by atoms with van der Waals surface area (Å²) in [6, 6.07) is 0.855. The molecule has 2 heterocycles. The van der Waals surface area contributed by atoms with Gasteiger partial charge in [-0.05, 0) is 32.6 Å². The molecule has 0 aromatic rings. The highest BCUT2D eigenvalue weighted by atomic mass is 15.5. The van der Waals surface area contributed by atoms with Gasteiger partial charge in [0.1, 0.15) is 0 Å². The molecule has 4 heteroatoms. The SMILES string of the molecule is C[N+]1=[N+](C2CC2)CC(C(C)(C)CCN2CC(C(C)(C)C)CN2)C1. The monoisotopic (exact) mass is 322 g/mol. The summed E-state index contributed by atoms with van der Waals surface area (Å²) in [6.45, 7) is 18.1. The molecule has 2 fully saturated rings. The Hall–Kier alpha value is -0.480. The summed E-state index contributed by atoms with van der Waals surface area (Å²) in [5.41, 5.74) is 4.46. The summed E-state index contributed by atoms with van der Waals surface area (Å²) in [7, 11) is 2.28. The number of hydrazine groups is 1. The molecule has 2 aliphatic heterocycles. The zero-order valence-corrected chi connectivity index (χ0v) is 16.2. The largest absolute Gasteiger partial charge is 0.255 e. The minimum absolute atomic E-state index is 0.413. The van der Waals surface area contributed by atoms with Crippen molar-refractivity contribution in [2.75, 3.05) is 39.8 Å². The van der Waals surface area contributed by atoms with Gasteiger partial charge in [-0.3, -0.25) is 5.43 Å². The standard InChI is InChI=1S/C19H38N4/c1-18(2,3)15-11-20-22(13-15)10-9-19(4,5)16-12-21(6)23(14-16)17-7-8-17/h15-17,20H,7-14H2,1-6H3/q+2. The van der Waals surface area contributed by atoms with Crippen LogP contribution in [0.2, 0.25) is 0 Å². The molecule has 132 valence electrons. The van der Waals surface area contributed by atoms with Crippen LogP contribution in [0.5, 0.6) is 0 Å². The van der Waals surface area contributed by atoms with E-state index in [4.69, 9.17) is 0 Å². The van der Waals surface area contributed by atoms with Crippen molar-refractivity contribution in [1.82, 2.24) is 10.4 Å². The number of hydrogen-bond donors (Lipinski definition) is 1. The third kappa shape index (κ3) is 3.96. The number of hydrogen-bond acceptors (Lipinski definition) is 2. The van der Waals surface area contributed by atoms with Gasteiger partial charge in [0.05, 0.1) is 5.92 Å². The van der Waals surface area contributed by atoms with Crippen molar-refractivity contribution >= 4 is 0 Å². The van der Waals surface area contributed by atoms with Gasteiger partial charge in [0.25, 0.3) is 0 Å². The van der Waals surface area contributed by atoms with Crippen LogP contribution < -0.4 is 5.43 Å². The second-order valence-corrected chi connectivity index (χ2v) is 10.0. The molecule has 0 radical (unpaired) electrons. The molecule has 0 aromatic carbocycles. The Morgan fingerprint density at radius 1 is 1.04 bits per heavy atom. The number of nitrogens with zero attached hydrogens (tertiary/aromatic N) is 3. The summed E-state index contributed by atoms with van der Waals surface area (Å²) in [5.74, 6) is 1.57. The Balaban J connectivity index is 1.48. The Labute approximate surface area is 142 Å². The Bertz CT molecular complexity index is 470. The highest BCUT2D eigenvalue weighted by Crippen LogP contribution is 2.37. The molecule has 0 bridgehead atoms. The van der Waals surface area contributed by atoms with Gasteiger partial charge in [-0.25, -0.2) is 5.01 Å². The highest BCUT2D eigenvalue weighted by Gasteiger charge is 2.50. The van der Waals surface area contributed by atoms with E-state index in [1.807, 2.05) is 0 Å². The maximum absolute atomic E-state index is 3.63. The van der Waals surface area contributed by atoms with Crippen LogP contribution >= 0.6 is 0 Å². The minimum Gasteiger partial charge on any atom is -0.255 e. The Morgan fingerprint density at radius 2 is 1.74 bits per heavy atom. The fraction of sp³-hybridized carbons (Fsp3) is 1.00. The summed E-state index contributed by atoms with van der Waals surface area (Å²) < 4.78 is 5.13. The number of rotatable bonds is 5. The zero-order valence-electron chi connectivity index (χ0n) is 16.2. The van der Waals surface area contributed by atoms with Crippen LogP contribution in [0.1, 0.15) is 53.9 Å². The molecule has 4 nitrogen and oxygen atoms in total. The molecule has 23 heavy (non-hydrogen) atoms. The summed E-state index contributed by atoms with van der Waals surface area (Å²) in [6.07, 6.45) is 4.10. The molecule has 3 aliphatic rings. The summed E-state index contributed by atoms with van der Waals surface area (Å²) >= 11 is 0. The Morgan fingerprint density at radius 3 is 2.30 bits per heavy atom. The van der Waals surface area contributed by atoms with Crippen LogP contribution in [0.3, 0.4) is 0 Å². The van der Waals surface area contributed by atoms with E-state index < -0.39 is 0 Å². The van der Waals surface area contributed by atoms with Crippen LogP contribution in [-0.2, 0) is 0 Å². The maximum Gasteiger partial charge on any atom is 0.213 e. The van der Waals surface area contributed by atoms with E-state index in [1.165, 1.54) is 45.4 Å². The average Bonchev–Trinajstić information content (AvgIpc) is 3.01. The zero-order chi connectivity index (χ0) is 16.8. The van der Waals surface area contributed by atoms with Gasteiger partial charge in [0.15, 0.2) is 7.05 Å². The predicted molar refractivity (Wildman–Crippen MR) is 93.6 cm³/mol. The minimum atomic E-state index is 0.413. The van der Waals surface area contributed by atoms with Crippen molar-refractivity contribution in [2.45, 2.75) is 59.9 Å². The third-order valence-electron chi connectivity index (χ3n) is 6.66. The maximum atomic E-state index is 3.63. The number of nitrogens with one attached hydrogen (secondary N) is 1. The van der Waals surface area contributed by atoms with Gasteiger partial charge in [-0.15, -0.1) is 0 Å². The molecule has 1 saturated heterocycles. The van der Waals surface area contributed by atoms with Crippen LogP contribution in [0.4, 0.5) is 0 Å². The van der Waals surface area contributed by atoms with E-state index in [1.54, 1.807) is 0 Å². The van der Waals surface area contributed by atoms with Gasteiger partial charge >= 0.3 is 0 Å². The molecule has 0 spiro atoms. The molecule has 0 amide bonds. The quantitative estimate of drug-likeness (QED) is 0.786.